The zero-order valence-corrected chi connectivity index (χ0v) is 11.5. The average Bonchev–Trinajstić information content (AvgIpc) is 2.28. The average molecular weight is 235 g/mol. The first-order chi connectivity index (χ1) is 8.04. The van der Waals surface area contributed by atoms with E-state index in [1.807, 2.05) is 25.2 Å². The summed E-state index contributed by atoms with van der Waals surface area (Å²) in [5.74, 6) is 0.538. The third-order valence-corrected chi connectivity index (χ3v) is 3.11. The van der Waals surface area contributed by atoms with E-state index in [9.17, 15) is 0 Å². The van der Waals surface area contributed by atoms with Gasteiger partial charge in [-0.1, -0.05) is 51.1 Å². The smallest absolute Gasteiger partial charge is 0.0717 e. The van der Waals surface area contributed by atoms with E-state index in [1.165, 1.54) is 5.56 Å². The van der Waals surface area contributed by atoms with E-state index in [4.69, 9.17) is 4.74 Å². The molecule has 2 heteroatoms. The number of ether oxygens (including phenoxy) is 1. The molecular formula is C15H25NO. The molecule has 0 aromatic heterocycles. The second-order valence-electron chi connectivity index (χ2n) is 5.62. The Kier molecular flexibility index (Phi) is 5.66. The van der Waals surface area contributed by atoms with Crippen molar-refractivity contribution in [3.8, 4) is 0 Å². The molecule has 0 saturated carbocycles. The van der Waals surface area contributed by atoms with Crippen LogP contribution in [0.3, 0.4) is 0 Å². The molecule has 0 aliphatic carbocycles. The van der Waals surface area contributed by atoms with Gasteiger partial charge in [0.1, 0.15) is 0 Å². The molecule has 0 fully saturated rings. The molecule has 0 saturated heterocycles. The molecular weight excluding hydrogens is 210 g/mol. The van der Waals surface area contributed by atoms with Crippen LogP contribution in [0.15, 0.2) is 30.3 Å². The Morgan fingerprint density at radius 1 is 1.18 bits per heavy atom. The fourth-order valence-electron chi connectivity index (χ4n) is 1.75. The highest BCUT2D eigenvalue weighted by atomic mass is 16.5. The topological polar surface area (TPSA) is 21.3 Å². The highest BCUT2D eigenvalue weighted by Crippen LogP contribution is 2.25. The van der Waals surface area contributed by atoms with E-state index in [1.54, 1.807) is 0 Å². The van der Waals surface area contributed by atoms with Gasteiger partial charge in [0.25, 0.3) is 0 Å². The summed E-state index contributed by atoms with van der Waals surface area (Å²) < 4.78 is 5.82. The standard InChI is InChI=1S/C15H25NO/c1-15(2,3)14(10-16-4)12-17-11-13-8-6-5-7-9-13/h5-9,14,16H,10-12H2,1-4H3. The highest BCUT2D eigenvalue weighted by molar-refractivity contribution is 5.13. The molecule has 0 radical (unpaired) electrons. The number of rotatable bonds is 6. The van der Waals surface area contributed by atoms with Gasteiger partial charge in [-0.15, -0.1) is 0 Å². The SMILES string of the molecule is CNCC(COCc1ccccc1)C(C)(C)C. The van der Waals surface area contributed by atoms with Crippen LogP contribution in [0.25, 0.3) is 0 Å². The van der Waals surface area contributed by atoms with Crippen LogP contribution in [0, 0.1) is 11.3 Å². The number of hydrogen-bond donors (Lipinski definition) is 1. The minimum Gasteiger partial charge on any atom is -0.376 e. The summed E-state index contributed by atoms with van der Waals surface area (Å²) in [6, 6.07) is 10.3. The first-order valence-corrected chi connectivity index (χ1v) is 6.30. The van der Waals surface area contributed by atoms with Crippen molar-refractivity contribution in [3.05, 3.63) is 35.9 Å². The largest absolute Gasteiger partial charge is 0.376 e. The molecule has 17 heavy (non-hydrogen) atoms. The Morgan fingerprint density at radius 3 is 2.35 bits per heavy atom. The van der Waals surface area contributed by atoms with Crippen molar-refractivity contribution in [1.29, 1.82) is 0 Å². The lowest BCUT2D eigenvalue weighted by Gasteiger charge is -2.30. The predicted octanol–water partition coefficient (Wildman–Crippen LogP) is 3.08. The van der Waals surface area contributed by atoms with Gasteiger partial charge in [-0.2, -0.15) is 0 Å². The first-order valence-electron chi connectivity index (χ1n) is 6.30. The lowest BCUT2D eigenvalue weighted by Crippen LogP contribution is -2.33. The van der Waals surface area contributed by atoms with Gasteiger partial charge in [0.2, 0.25) is 0 Å². The highest BCUT2D eigenvalue weighted by Gasteiger charge is 2.23. The monoisotopic (exact) mass is 235 g/mol. The molecule has 1 aromatic carbocycles. The van der Waals surface area contributed by atoms with Crippen molar-refractivity contribution in [2.45, 2.75) is 27.4 Å². The van der Waals surface area contributed by atoms with Crippen molar-refractivity contribution in [2.24, 2.45) is 11.3 Å². The molecule has 0 aliphatic rings. The van der Waals surface area contributed by atoms with Crippen molar-refractivity contribution < 1.29 is 4.74 Å². The van der Waals surface area contributed by atoms with Gasteiger partial charge in [-0.3, -0.25) is 0 Å². The zero-order chi connectivity index (χ0) is 12.7. The molecule has 0 amide bonds. The van der Waals surface area contributed by atoms with Gasteiger partial charge in [0, 0.05) is 6.54 Å². The number of benzene rings is 1. The van der Waals surface area contributed by atoms with E-state index in [0.717, 1.165) is 13.2 Å². The third-order valence-electron chi connectivity index (χ3n) is 3.11. The Morgan fingerprint density at radius 2 is 1.82 bits per heavy atom. The minimum absolute atomic E-state index is 0.277. The maximum absolute atomic E-state index is 5.82. The quantitative estimate of drug-likeness (QED) is 0.818. The van der Waals surface area contributed by atoms with Crippen molar-refractivity contribution in [2.75, 3.05) is 20.2 Å². The molecule has 0 bridgehead atoms. The van der Waals surface area contributed by atoms with Crippen LogP contribution in [0.4, 0.5) is 0 Å². The third kappa shape index (κ3) is 5.33. The molecule has 0 spiro atoms. The maximum atomic E-state index is 5.82. The molecule has 1 unspecified atom stereocenters. The fourth-order valence-corrected chi connectivity index (χ4v) is 1.75. The van der Waals surface area contributed by atoms with Gasteiger partial charge in [0.15, 0.2) is 0 Å². The molecule has 1 aromatic rings. The van der Waals surface area contributed by atoms with E-state index in [0.29, 0.717) is 12.5 Å². The van der Waals surface area contributed by atoms with Crippen LogP contribution in [-0.4, -0.2) is 20.2 Å². The fraction of sp³-hybridized carbons (Fsp3) is 0.600. The van der Waals surface area contributed by atoms with Crippen LogP contribution in [-0.2, 0) is 11.3 Å². The Hall–Kier alpha value is -0.860. The summed E-state index contributed by atoms with van der Waals surface area (Å²) in [6.45, 7) is 9.30. The second kappa shape index (κ2) is 6.77. The summed E-state index contributed by atoms with van der Waals surface area (Å²) in [7, 11) is 2.00. The predicted molar refractivity (Wildman–Crippen MR) is 73.0 cm³/mol. The van der Waals surface area contributed by atoms with E-state index >= 15 is 0 Å². The lowest BCUT2D eigenvalue weighted by molar-refractivity contribution is 0.0465. The van der Waals surface area contributed by atoms with E-state index in [-0.39, 0.29) is 5.41 Å². The van der Waals surface area contributed by atoms with Crippen molar-refractivity contribution >= 4 is 0 Å². The molecule has 96 valence electrons. The number of nitrogens with one attached hydrogen (secondary N) is 1. The van der Waals surface area contributed by atoms with Crippen molar-refractivity contribution in [1.82, 2.24) is 5.32 Å². The maximum Gasteiger partial charge on any atom is 0.0717 e. The lowest BCUT2D eigenvalue weighted by atomic mass is 9.81. The number of hydrogen-bond acceptors (Lipinski definition) is 2. The van der Waals surface area contributed by atoms with E-state index < -0.39 is 0 Å². The van der Waals surface area contributed by atoms with Crippen LogP contribution < -0.4 is 5.32 Å². The van der Waals surface area contributed by atoms with Crippen LogP contribution in [0.1, 0.15) is 26.3 Å². The van der Waals surface area contributed by atoms with Gasteiger partial charge < -0.3 is 10.1 Å². The Balaban J connectivity index is 2.37. The summed E-state index contributed by atoms with van der Waals surface area (Å²) in [4.78, 5) is 0. The Bertz CT molecular complexity index is 302. The van der Waals surface area contributed by atoms with Crippen LogP contribution >= 0.6 is 0 Å². The summed E-state index contributed by atoms with van der Waals surface area (Å²) in [5.41, 5.74) is 1.52. The van der Waals surface area contributed by atoms with Crippen LogP contribution in [0.5, 0.6) is 0 Å². The molecule has 0 aliphatic heterocycles. The first kappa shape index (κ1) is 14.2. The minimum atomic E-state index is 0.277. The van der Waals surface area contributed by atoms with Crippen LogP contribution in [0.2, 0.25) is 0 Å². The molecule has 2 nitrogen and oxygen atoms in total. The van der Waals surface area contributed by atoms with E-state index in [2.05, 4.69) is 38.2 Å². The Labute approximate surface area is 105 Å². The summed E-state index contributed by atoms with van der Waals surface area (Å²) in [6.07, 6.45) is 0. The normalized spacial score (nSPS) is 13.6. The molecule has 0 heterocycles. The summed E-state index contributed by atoms with van der Waals surface area (Å²) >= 11 is 0. The zero-order valence-electron chi connectivity index (χ0n) is 11.5. The molecule has 1 atom stereocenters. The molecule has 1 N–H and O–H groups in total. The van der Waals surface area contributed by atoms with Gasteiger partial charge in [-0.25, -0.2) is 0 Å². The second-order valence-corrected chi connectivity index (χ2v) is 5.62. The van der Waals surface area contributed by atoms with Gasteiger partial charge in [0.05, 0.1) is 13.2 Å². The van der Waals surface area contributed by atoms with Gasteiger partial charge in [-0.05, 0) is 23.9 Å². The van der Waals surface area contributed by atoms with Crippen molar-refractivity contribution in [3.63, 3.8) is 0 Å². The van der Waals surface area contributed by atoms with Gasteiger partial charge >= 0.3 is 0 Å². The summed E-state index contributed by atoms with van der Waals surface area (Å²) in [5, 5.41) is 3.24. The molecule has 1 rings (SSSR count).